The standard InChI is InChI=1S/C37H27F3N4O5S/c38-37(39,40)27-13-7-14-28(22-27)42-36(47)33(25-9-3-1-4-10-25)50-31-16-8-15-29(23-31)41-35(46)32(43-34(45)26-11-5-2-6-12-26)21-24-17-19-30(20-18-24)44(48)49/h1-23,33H,(H,41,46)(H,42,47)(H,43,45)/b32-21+. The minimum atomic E-state index is -4.58. The van der Waals surface area contributed by atoms with Crippen molar-refractivity contribution in [3.05, 3.63) is 172 Å². The fourth-order valence-electron chi connectivity index (χ4n) is 4.66. The maximum atomic E-state index is 13.6. The molecule has 5 rings (SSSR count). The lowest BCUT2D eigenvalue weighted by molar-refractivity contribution is -0.384. The average molecular weight is 697 g/mol. The first kappa shape index (κ1) is 35.1. The lowest BCUT2D eigenvalue weighted by Crippen LogP contribution is -2.30. The number of carbonyl (C=O) groups excluding carboxylic acids is 3. The number of hydrogen-bond donors (Lipinski definition) is 3. The molecule has 0 spiro atoms. The van der Waals surface area contributed by atoms with E-state index >= 15 is 0 Å². The van der Waals surface area contributed by atoms with E-state index < -0.39 is 39.6 Å². The smallest absolute Gasteiger partial charge is 0.325 e. The van der Waals surface area contributed by atoms with E-state index in [0.29, 0.717) is 27.3 Å². The van der Waals surface area contributed by atoms with E-state index in [1.807, 2.05) is 0 Å². The van der Waals surface area contributed by atoms with Crippen molar-refractivity contribution in [3.63, 3.8) is 0 Å². The predicted octanol–water partition coefficient (Wildman–Crippen LogP) is 8.50. The number of nitrogens with one attached hydrogen (secondary N) is 3. The van der Waals surface area contributed by atoms with Gasteiger partial charge in [-0.1, -0.05) is 60.7 Å². The molecule has 50 heavy (non-hydrogen) atoms. The summed E-state index contributed by atoms with van der Waals surface area (Å²) >= 11 is 1.12. The van der Waals surface area contributed by atoms with E-state index in [1.165, 1.54) is 42.5 Å². The van der Waals surface area contributed by atoms with Crippen LogP contribution in [0.25, 0.3) is 6.08 Å². The van der Waals surface area contributed by atoms with Crippen LogP contribution in [-0.4, -0.2) is 22.6 Å². The topological polar surface area (TPSA) is 130 Å². The first-order valence-corrected chi connectivity index (χ1v) is 15.8. The second-order valence-corrected chi connectivity index (χ2v) is 11.9. The Morgan fingerprint density at radius 1 is 0.740 bits per heavy atom. The molecule has 13 heteroatoms. The second-order valence-electron chi connectivity index (χ2n) is 10.7. The van der Waals surface area contributed by atoms with Crippen LogP contribution in [0.5, 0.6) is 0 Å². The maximum Gasteiger partial charge on any atom is 0.416 e. The van der Waals surface area contributed by atoms with E-state index in [2.05, 4.69) is 16.0 Å². The lowest BCUT2D eigenvalue weighted by atomic mass is 10.1. The van der Waals surface area contributed by atoms with Crippen molar-refractivity contribution in [3.8, 4) is 0 Å². The Morgan fingerprint density at radius 2 is 1.36 bits per heavy atom. The molecule has 0 bridgehead atoms. The van der Waals surface area contributed by atoms with E-state index in [9.17, 15) is 37.7 Å². The summed E-state index contributed by atoms with van der Waals surface area (Å²) < 4.78 is 39.9. The second kappa shape index (κ2) is 15.8. The molecule has 0 aliphatic carbocycles. The third-order valence-corrected chi connectivity index (χ3v) is 8.34. The van der Waals surface area contributed by atoms with Gasteiger partial charge in [0.25, 0.3) is 17.5 Å². The lowest BCUT2D eigenvalue weighted by Gasteiger charge is -2.18. The molecule has 1 atom stereocenters. The molecule has 0 saturated carbocycles. The number of anilines is 2. The molecule has 0 fully saturated rings. The molecule has 0 aliphatic heterocycles. The Bertz CT molecular complexity index is 2040. The molecule has 252 valence electrons. The highest BCUT2D eigenvalue weighted by atomic mass is 32.2. The van der Waals surface area contributed by atoms with Crippen molar-refractivity contribution in [1.29, 1.82) is 0 Å². The highest BCUT2D eigenvalue weighted by Crippen LogP contribution is 2.38. The molecule has 1 unspecified atom stereocenters. The number of carbonyl (C=O) groups is 3. The van der Waals surface area contributed by atoms with Crippen LogP contribution >= 0.6 is 11.8 Å². The number of benzene rings is 5. The van der Waals surface area contributed by atoms with E-state index in [0.717, 1.165) is 23.9 Å². The average Bonchev–Trinajstić information content (AvgIpc) is 3.11. The Labute approximate surface area is 288 Å². The normalized spacial score (nSPS) is 12.0. The van der Waals surface area contributed by atoms with E-state index in [1.54, 1.807) is 84.9 Å². The Balaban J connectivity index is 1.38. The molecule has 0 radical (unpaired) electrons. The van der Waals surface area contributed by atoms with Crippen molar-refractivity contribution in [2.45, 2.75) is 16.3 Å². The number of rotatable bonds is 11. The molecule has 5 aromatic carbocycles. The molecule has 0 aromatic heterocycles. The largest absolute Gasteiger partial charge is 0.416 e. The molecule has 5 aromatic rings. The van der Waals surface area contributed by atoms with Crippen LogP contribution in [0.2, 0.25) is 0 Å². The van der Waals surface area contributed by atoms with Gasteiger partial charge < -0.3 is 16.0 Å². The first-order chi connectivity index (χ1) is 24.0. The minimum Gasteiger partial charge on any atom is -0.325 e. The van der Waals surface area contributed by atoms with Crippen LogP contribution in [0.3, 0.4) is 0 Å². The molecule has 0 saturated heterocycles. The summed E-state index contributed by atoms with van der Waals surface area (Å²) in [6, 6.07) is 33.2. The van der Waals surface area contributed by atoms with Gasteiger partial charge in [0.05, 0.1) is 10.5 Å². The Kier molecular flexibility index (Phi) is 11.1. The number of alkyl halides is 3. The molecule has 0 aliphatic rings. The highest BCUT2D eigenvalue weighted by Gasteiger charge is 2.31. The molecule has 3 amide bonds. The van der Waals surface area contributed by atoms with Gasteiger partial charge in [-0.2, -0.15) is 13.2 Å². The first-order valence-electron chi connectivity index (χ1n) is 14.9. The zero-order chi connectivity index (χ0) is 35.7. The zero-order valence-electron chi connectivity index (χ0n) is 25.9. The number of halogens is 3. The quantitative estimate of drug-likeness (QED) is 0.0550. The van der Waals surface area contributed by atoms with Crippen molar-refractivity contribution in [1.82, 2.24) is 5.32 Å². The van der Waals surface area contributed by atoms with Gasteiger partial charge in [0, 0.05) is 34.0 Å². The molecule has 3 N–H and O–H groups in total. The number of nitrogens with zero attached hydrogens (tertiary/aromatic N) is 1. The fourth-order valence-corrected chi connectivity index (χ4v) is 5.75. The SMILES string of the molecule is O=C(Nc1cccc(SC(C(=O)Nc2cccc(C(F)(F)F)c2)c2ccccc2)c1)/C(=C\c1ccc([N+](=O)[O-])cc1)NC(=O)c1ccccc1. The van der Waals surface area contributed by atoms with Crippen molar-refractivity contribution < 1.29 is 32.5 Å². The van der Waals surface area contributed by atoms with Gasteiger partial charge in [-0.3, -0.25) is 24.5 Å². The monoisotopic (exact) mass is 696 g/mol. The third-order valence-electron chi connectivity index (χ3n) is 7.09. The summed E-state index contributed by atoms with van der Waals surface area (Å²) in [6.45, 7) is 0. The zero-order valence-corrected chi connectivity index (χ0v) is 26.7. The number of nitro groups is 1. The number of thioether (sulfide) groups is 1. The number of non-ortho nitro benzene ring substituents is 1. The molecule has 0 heterocycles. The third kappa shape index (κ3) is 9.45. The van der Waals surface area contributed by atoms with Crippen molar-refractivity contribution in [2.24, 2.45) is 0 Å². The van der Waals surface area contributed by atoms with Crippen LogP contribution in [0.1, 0.15) is 32.3 Å². The van der Waals surface area contributed by atoms with Gasteiger partial charge >= 0.3 is 6.18 Å². The van der Waals surface area contributed by atoms with Crippen LogP contribution in [0.4, 0.5) is 30.2 Å². The van der Waals surface area contributed by atoms with E-state index in [4.69, 9.17) is 0 Å². The maximum absolute atomic E-state index is 13.6. The van der Waals surface area contributed by atoms with E-state index in [-0.39, 0.29) is 17.1 Å². The molecular weight excluding hydrogens is 669 g/mol. The summed E-state index contributed by atoms with van der Waals surface area (Å²) in [5.74, 6) is -1.82. The Hall–Kier alpha value is -6.21. The molecular formula is C37H27F3N4O5S. The summed E-state index contributed by atoms with van der Waals surface area (Å²) in [4.78, 5) is 51.2. The Morgan fingerprint density at radius 3 is 2.00 bits per heavy atom. The van der Waals surface area contributed by atoms with Crippen molar-refractivity contribution >= 4 is 52.6 Å². The van der Waals surface area contributed by atoms with Gasteiger partial charge in [0.2, 0.25) is 5.91 Å². The van der Waals surface area contributed by atoms with Crippen LogP contribution in [0.15, 0.2) is 144 Å². The van der Waals surface area contributed by atoms with Gasteiger partial charge in [0.15, 0.2) is 0 Å². The number of hydrogen-bond acceptors (Lipinski definition) is 6. The van der Waals surface area contributed by atoms with Gasteiger partial charge in [0.1, 0.15) is 10.9 Å². The van der Waals surface area contributed by atoms with Gasteiger partial charge in [-0.25, -0.2) is 0 Å². The predicted molar refractivity (Wildman–Crippen MR) is 185 cm³/mol. The fraction of sp³-hybridized carbons (Fsp3) is 0.0541. The van der Waals surface area contributed by atoms with Crippen molar-refractivity contribution in [2.75, 3.05) is 10.6 Å². The minimum absolute atomic E-state index is 0.0164. The van der Waals surface area contributed by atoms with Gasteiger partial charge in [-0.05, 0) is 77.9 Å². The number of amides is 3. The van der Waals surface area contributed by atoms with Crippen LogP contribution < -0.4 is 16.0 Å². The summed E-state index contributed by atoms with van der Waals surface area (Å²) in [7, 11) is 0. The highest BCUT2D eigenvalue weighted by molar-refractivity contribution is 8.00. The van der Waals surface area contributed by atoms with Crippen LogP contribution in [-0.2, 0) is 15.8 Å². The van der Waals surface area contributed by atoms with Crippen LogP contribution in [0, 0.1) is 10.1 Å². The summed E-state index contributed by atoms with van der Waals surface area (Å²) in [6.07, 6.45) is -3.21. The van der Waals surface area contributed by atoms with Gasteiger partial charge in [-0.15, -0.1) is 11.8 Å². The summed E-state index contributed by atoms with van der Waals surface area (Å²) in [5.41, 5.74) is 0.407. The molecule has 9 nitrogen and oxygen atoms in total. The number of nitro benzene ring substituents is 1. The summed E-state index contributed by atoms with van der Waals surface area (Å²) in [5, 5.41) is 18.1.